The van der Waals surface area contributed by atoms with Crippen LogP contribution in [0.2, 0.25) is 0 Å². The number of nitrogens with one attached hydrogen (secondary N) is 1. The molecular formula is C14H18N2O5. The molecule has 1 aromatic rings. The maximum atomic E-state index is 12.1. The Bertz CT molecular complexity index is 542. The average Bonchev–Trinajstić information content (AvgIpc) is 2.45. The number of methoxy groups -OCH3 is 1. The first-order valence-corrected chi connectivity index (χ1v) is 6.48. The summed E-state index contributed by atoms with van der Waals surface area (Å²) in [4.78, 5) is 33.9. The van der Waals surface area contributed by atoms with Crippen LogP contribution in [0.5, 0.6) is 0 Å². The molecule has 0 spiro atoms. The minimum absolute atomic E-state index is 0.127. The van der Waals surface area contributed by atoms with Gasteiger partial charge in [-0.2, -0.15) is 0 Å². The summed E-state index contributed by atoms with van der Waals surface area (Å²) in [6.07, 6.45) is 0.424. The minimum Gasteiger partial charge on any atom is -0.467 e. The summed E-state index contributed by atoms with van der Waals surface area (Å²) >= 11 is 0. The largest absolute Gasteiger partial charge is 0.467 e. The zero-order valence-electron chi connectivity index (χ0n) is 12.2. The molecule has 0 aromatic heterocycles. The molecule has 7 heteroatoms. The van der Waals surface area contributed by atoms with Crippen molar-refractivity contribution < 1.29 is 19.2 Å². The maximum Gasteiger partial charge on any atom is 0.328 e. The normalized spacial score (nSPS) is 11.8. The molecule has 0 saturated heterocycles. The highest BCUT2D eigenvalue weighted by Gasteiger charge is 2.23. The zero-order valence-corrected chi connectivity index (χ0v) is 12.2. The molecule has 0 aliphatic rings. The third-order valence-electron chi connectivity index (χ3n) is 2.82. The smallest absolute Gasteiger partial charge is 0.328 e. The number of rotatable bonds is 6. The van der Waals surface area contributed by atoms with Gasteiger partial charge in [0.25, 0.3) is 11.6 Å². The molecule has 114 valence electrons. The summed E-state index contributed by atoms with van der Waals surface area (Å²) in [6.45, 7) is 3.82. The SMILES string of the molecule is COC(=O)C(CC(C)C)NC(=O)c1cccc([N+](=O)[O-])c1. The number of non-ortho nitro benzene ring substituents is 1. The molecule has 0 heterocycles. The molecule has 0 fully saturated rings. The van der Waals surface area contributed by atoms with E-state index in [2.05, 4.69) is 10.1 Å². The molecular weight excluding hydrogens is 276 g/mol. The Hall–Kier alpha value is -2.44. The highest BCUT2D eigenvalue weighted by atomic mass is 16.6. The average molecular weight is 294 g/mol. The van der Waals surface area contributed by atoms with Crippen molar-refractivity contribution in [2.24, 2.45) is 5.92 Å². The van der Waals surface area contributed by atoms with Gasteiger partial charge in [-0.25, -0.2) is 4.79 Å². The first-order chi connectivity index (χ1) is 9.85. The van der Waals surface area contributed by atoms with E-state index in [0.29, 0.717) is 6.42 Å². The Morgan fingerprint density at radius 1 is 1.38 bits per heavy atom. The predicted octanol–water partition coefficient (Wildman–Crippen LogP) is 1.91. The Kier molecular flexibility index (Phi) is 5.83. The first-order valence-electron chi connectivity index (χ1n) is 6.48. The van der Waals surface area contributed by atoms with Gasteiger partial charge in [0, 0.05) is 17.7 Å². The number of carbonyl (C=O) groups excluding carboxylic acids is 2. The Morgan fingerprint density at radius 3 is 2.57 bits per heavy atom. The number of esters is 1. The van der Waals surface area contributed by atoms with Crippen molar-refractivity contribution in [1.29, 1.82) is 0 Å². The number of carbonyl (C=O) groups is 2. The Morgan fingerprint density at radius 2 is 2.05 bits per heavy atom. The molecule has 1 amide bonds. The van der Waals surface area contributed by atoms with Crippen molar-refractivity contribution in [3.8, 4) is 0 Å². The van der Waals surface area contributed by atoms with E-state index in [1.54, 1.807) is 0 Å². The van der Waals surface area contributed by atoms with Crippen molar-refractivity contribution in [3.63, 3.8) is 0 Å². The number of nitro groups is 1. The summed E-state index contributed by atoms with van der Waals surface area (Å²) in [6, 6.07) is 4.55. The second kappa shape index (κ2) is 7.37. The van der Waals surface area contributed by atoms with Crippen LogP contribution in [0.25, 0.3) is 0 Å². The molecule has 1 aromatic carbocycles. The van der Waals surface area contributed by atoms with Gasteiger partial charge in [-0.3, -0.25) is 14.9 Å². The molecule has 0 radical (unpaired) electrons. The first kappa shape index (κ1) is 16.6. The van der Waals surface area contributed by atoms with Crippen LogP contribution in [-0.4, -0.2) is 30.0 Å². The standard InChI is InChI=1S/C14H18N2O5/c1-9(2)7-12(14(18)21-3)15-13(17)10-5-4-6-11(8-10)16(19)20/h4-6,8-9,12H,7H2,1-3H3,(H,15,17). The summed E-state index contributed by atoms with van der Waals surface area (Å²) in [5.74, 6) is -0.906. The van der Waals surface area contributed by atoms with Crippen LogP contribution < -0.4 is 5.32 Å². The van der Waals surface area contributed by atoms with E-state index in [4.69, 9.17) is 0 Å². The van der Waals surface area contributed by atoms with Gasteiger partial charge >= 0.3 is 5.97 Å². The summed E-state index contributed by atoms with van der Waals surface area (Å²) in [5, 5.41) is 13.2. The molecule has 21 heavy (non-hydrogen) atoms. The van der Waals surface area contributed by atoms with Gasteiger partial charge < -0.3 is 10.1 Å². The van der Waals surface area contributed by atoms with Gasteiger partial charge in [0.1, 0.15) is 6.04 Å². The number of hydrogen-bond acceptors (Lipinski definition) is 5. The number of hydrogen-bond donors (Lipinski definition) is 1. The van der Waals surface area contributed by atoms with E-state index in [0.717, 1.165) is 0 Å². The van der Waals surface area contributed by atoms with Gasteiger partial charge in [-0.15, -0.1) is 0 Å². The van der Waals surface area contributed by atoms with Crippen LogP contribution in [0.3, 0.4) is 0 Å². The highest BCUT2D eigenvalue weighted by Crippen LogP contribution is 2.14. The second-order valence-corrected chi connectivity index (χ2v) is 4.99. The molecule has 0 aliphatic heterocycles. The van der Waals surface area contributed by atoms with Crippen LogP contribution in [0, 0.1) is 16.0 Å². The lowest BCUT2D eigenvalue weighted by Crippen LogP contribution is -2.42. The number of nitro benzene ring substituents is 1. The van der Waals surface area contributed by atoms with E-state index in [1.807, 2.05) is 13.8 Å². The lowest BCUT2D eigenvalue weighted by atomic mass is 10.0. The third-order valence-corrected chi connectivity index (χ3v) is 2.82. The molecule has 1 N–H and O–H groups in total. The van der Waals surface area contributed by atoms with Gasteiger partial charge in [-0.1, -0.05) is 19.9 Å². The van der Waals surface area contributed by atoms with Crippen molar-refractivity contribution >= 4 is 17.6 Å². The van der Waals surface area contributed by atoms with E-state index in [-0.39, 0.29) is 17.2 Å². The van der Waals surface area contributed by atoms with E-state index in [9.17, 15) is 19.7 Å². The van der Waals surface area contributed by atoms with E-state index in [1.165, 1.54) is 31.4 Å². The molecule has 0 bridgehead atoms. The number of amides is 1. The topological polar surface area (TPSA) is 98.5 Å². The van der Waals surface area contributed by atoms with Crippen molar-refractivity contribution in [3.05, 3.63) is 39.9 Å². The Balaban J connectivity index is 2.88. The highest BCUT2D eigenvalue weighted by molar-refractivity contribution is 5.97. The summed E-state index contributed by atoms with van der Waals surface area (Å²) in [7, 11) is 1.25. The van der Waals surface area contributed by atoms with E-state index >= 15 is 0 Å². The fraction of sp³-hybridized carbons (Fsp3) is 0.429. The maximum absolute atomic E-state index is 12.1. The number of nitrogens with zero attached hydrogens (tertiary/aromatic N) is 1. The fourth-order valence-electron chi connectivity index (χ4n) is 1.83. The molecule has 7 nitrogen and oxygen atoms in total. The summed E-state index contributed by atoms with van der Waals surface area (Å²) < 4.78 is 4.65. The molecule has 1 unspecified atom stereocenters. The van der Waals surface area contributed by atoms with Gasteiger partial charge in [0.15, 0.2) is 0 Å². The fourth-order valence-corrected chi connectivity index (χ4v) is 1.83. The molecule has 0 saturated carbocycles. The van der Waals surface area contributed by atoms with Crippen LogP contribution in [-0.2, 0) is 9.53 Å². The number of benzene rings is 1. The van der Waals surface area contributed by atoms with Crippen molar-refractivity contribution in [1.82, 2.24) is 5.32 Å². The third kappa shape index (κ3) is 4.87. The van der Waals surface area contributed by atoms with Crippen molar-refractivity contribution in [2.45, 2.75) is 26.3 Å². The molecule has 0 aliphatic carbocycles. The summed E-state index contributed by atoms with van der Waals surface area (Å²) in [5.41, 5.74) is -0.0528. The zero-order chi connectivity index (χ0) is 16.0. The predicted molar refractivity (Wildman–Crippen MR) is 75.8 cm³/mol. The Labute approximate surface area is 122 Å². The van der Waals surface area contributed by atoms with Crippen LogP contribution in [0.15, 0.2) is 24.3 Å². The quantitative estimate of drug-likeness (QED) is 0.491. The van der Waals surface area contributed by atoms with Crippen LogP contribution >= 0.6 is 0 Å². The van der Waals surface area contributed by atoms with Crippen LogP contribution in [0.4, 0.5) is 5.69 Å². The minimum atomic E-state index is -0.776. The van der Waals surface area contributed by atoms with Crippen molar-refractivity contribution in [2.75, 3.05) is 7.11 Å². The molecule has 1 rings (SSSR count). The van der Waals surface area contributed by atoms with Gasteiger partial charge in [-0.05, 0) is 18.4 Å². The van der Waals surface area contributed by atoms with E-state index < -0.39 is 22.8 Å². The molecule has 1 atom stereocenters. The van der Waals surface area contributed by atoms with Gasteiger partial charge in [0.2, 0.25) is 0 Å². The lowest BCUT2D eigenvalue weighted by Gasteiger charge is -2.18. The second-order valence-electron chi connectivity index (χ2n) is 4.99. The number of ether oxygens (including phenoxy) is 1. The lowest BCUT2D eigenvalue weighted by molar-refractivity contribution is -0.384. The monoisotopic (exact) mass is 294 g/mol. The van der Waals surface area contributed by atoms with Crippen LogP contribution in [0.1, 0.15) is 30.6 Å². The van der Waals surface area contributed by atoms with Gasteiger partial charge in [0.05, 0.1) is 12.0 Å².